The highest BCUT2D eigenvalue weighted by Crippen LogP contribution is 2.51. The standard InChI is InChI=1S/C14H19N3O2S/c1-14(2)6-9(14)7-17-20(18,19)13-8-16-12-5-10(15)3-4-11(12)13/h3-5,8-9,16-17H,6-7,15H2,1-2H3. The van der Waals surface area contributed by atoms with Crippen LogP contribution >= 0.6 is 0 Å². The summed E-state index contributed by atoms with van der Waals surface area (Å²) in [6.45, 7) is 4.80. The Kier molecular flexibility index (Phi) is 2.85. The number of fused-ring (bicyclic) bond motifs is 1. The molecule has 1 atom stereocenters. The third-order valence-corrected chi connectivity index (χ3v) is 5.66. The van der Waals surface area contributed by atoms with Gasteiger partial charge < -0.3 is 10.7 Å². The normalized spacial score (nSPS) is 21.2. The van der Waals surface area contributed by atoms with Crippen LogP contribution in [-0.4, -0.2) is 19.9 Å². The summed E-state index contributed by atoms with van der Waals surface area (Å²) >= 11 is 0. The van der Waals surface area contributed by atoms with Gasteiger partial charge in [0.2, 0.25) is 10.0 Å². The van der Waals surface area contributed by atoms with Gasteiger partial charge in [0.1, 0.15) is 4.90 Å². The van der Waals surface area contributed by atoms with Crippen molar-refractivity contribution in [1.29, 1.82) is 0 Å². The molecule has 5 nitrogen and oxygen atoms in total. The summed E-state index contributed by atoms with van der Waals surface area (Å²) in [5.74, 6) is 0.429. The van der Waals surface area contributed by atoms with Gasteiger partial charge in [0.05, 0.1) is 0 Å². The van der Waals surface area contributed by atoms with Crippen LogP contribution < -0.4 is 10.5 Å². The SMILES string of the molecule is CC1(C)CC1CNS(=O)(=O)c1c[nH]c2cc(N)ccc12. The Balaban J connectivity index is 1.86. The Morgan fingerprint density at radius 1 is 1.45 bits per heavy atom. The van der Waals surface area contributed by atoms with Crippen LogP contribution in [0.25, 0.3) is 10.9 Å². The van der Waals surface area contributed by atoms with E-state index in [2.05, 4.69) is 23.6 Å². The summed E-state index contributed by atoms with van der Waals surface area (Å²) < 4.78 is 27.5. The fraction of sp³-hybridized carbons (Fsp3) is 0.429. The lowest BCUT2D eigenvalue weighted by Gasteiger charge is -2.07. The van der Waals surface area contributed by atoms with Gasteiger partial charge in [-0.15, -0.1) is 0 Å². The summed E-state index contributed by atoms with van der Waals surface area (Å²) in [6.07, 6.45) is 2.59. The molecule has 1 heterocycles. The first-order valence-electron chi connectivity index (χ1n) is 6.66. The average Bonchev–Trinajstić information content (AvgIpc) is 2.79. The molecular formula is C14H19N3O2S. The van der Waals surface area contributed by atoms with Gasteiger partial charge >= 0.3 is 0 Å². The smallest absolute Gasteiger partial charge is 0.242 e. The van der Waals surface area contributed by atoms with Crippen molar-refractivity contribution in [3.63, 3.8) is 0 Å². The number of nitrogen functional groups attached to an aromatic ring is 1. The second-order valence-corrected chi connectivity index (χ2v) is 7.93. The van der Waals surface area contributed by atoms with Gasteiger partial charge in [-0.1, -0.05) is 13.8 Å². The van der Waals surface area contributed by atoms with Crippen LogP contribution in [0, 0.1) is 11.3 Å². The van der Waals surface area contributed by atoms with Gasteiger partial charge in [-0.05, 0) is 36.0 Å². The number of H-pyrrole nitrogens is 1. The van der Waals surface area contributed by atoms with Crippen LogP contribution in [0.15, 0.2) is 29.3 Å². The van der Waals surface area contributed by atoms with Gasteiger partial charge in [-0.3, -0.25) is 0 Å². The minimum absolute atomic E-state index is 0.261. The second-order valence-electron chi connectivity index (χ2n) is 6.20. The van der Waals surface area contributed by atoms with E-state index < -0.39 is 10.0 Å². The number of hydrogen-bond donors (Lipinski definition) is 3. The minimum atomic E-state index is -3.48. The predicted molar refractivity (Wildman–Crippen MR) is 79.8 cm³/mol. The minimum Gasteiger partial charge on any atom is -0.399 e. The van der Waals surface area contributed by atoms with E-state index in [1.807, 2.05) is 0 Å². The van der Waals surface area contributed by atoms with Crippen LogP contribution in [0.5, 0.6) is 0 Å². The number of rotatable bonds is 4. The van der Waals surface area contributed by atoms with Crippen LogP contribution in [0.1, 0.15) is 20.3 Å². The number of aromatic nitrogens is 1. The molecule has 1 aromatic carbocycles. The van der Waals surface area contributed by atoms with Crippen LogP contribution in [-0.2, 0) is 10.0 Å². The topological polar surface area (TPSA) is 88.0 Å². The maximum absolute atomic E-state index is 12.4. The first-order chi connectivity index (χ1) is 9.29. The summed E-state index contributed by atoms with van der Waals surface area (Å²) in [4.78, 5) is 3.24. The molecule has 1 unspecified atom stereocenters. The molecule has 2 aromatic rings. The summed E-state index contributed by atoms with van der Waals surface area (Å²) in [6, 6.07) is 5.17. The van der Waals surface area contributed by atoms with Gasteiger partial charge in [0, 0.05) is 29.3 Å². The Labute approximate surface area is 118 Å². The molecule has 3 rings (SSSR count). The molecule has 1 aliphatic carbocycles. The van der Waals surface area contributed by atoms with Crippen molar-refractivity contribution in [2.75, 3.05) is 12.3 Å². The molecule has 0 spiro atoms. The zero-order chi connectivity index (χ0) is 14.5. The number of nitrogens with two attached hydrogens (primary N) is 1. The van der Waals surface area contributed by atoms with Gasteiger partial charge in [0.25, 0.3) is 0 Å². The lowest BCUT2D eigenvalue weighted by molar-refractivity contribution is 0.538. The summed E-state index contributed by atoms with van der Waals surface area (Å²) in [5, 5.41) is 0.668. The molecule has 0 amide bonds. The lowest BCUT2D eigenvalue weighted by atomic mass is 10.1. The molecule has 108 valence electrons. The zero-order valence-corrected chi connectivity index (χ0v) is 12.4. The van der Waals surface area contributed by atoms with E-state index in [0.29, 0.717) is 23.5 Å². The Hall–Kier alpha value is -1.53. The van der Waals surface area contributed by atoms with Crippen LogP contribution in [0.3, 0.4) is 0 Å². The fourth-order valence-corrected chi connectivity index (χ4v) is 3.81. The molecule has 4 N–H and O–H groups in total. The van der Waals surface area contributed by atoms with Crippen molar-refractivity contribution in [2.45, 2.75) is 25.2 Å². The first-order valence-corrected chi connectivity index (χ1v) is 8.14. The number of nitrogens with one attached hydrogen (secondary N) is 2. The predicted octanol–water partition coefficient (Wildman–Crippen LogP) is 2.07. The van der Waals surface area contributed by atoms with Crippen LogP contribution in [0.2, 0.25) is 0 Å². The van der Waals surface area contributed by atoms with E-state index >= 15 is 0 Å². The molecule has 0 saturated heterocycles. The molecule has 1 fully saturated rings. The van der Waals surface area contributed by atoms with E-state index in [-0.39, 0.29) is 10.3 Å². The van der Waals surface area contributed by atoms with E-state index in [4.69, 9.17) is 5.73 Å². The fourth-order valence-electron chi connectivity index (χ4n) is 2.55. The Morgan fingerprint density at radius 3 is 2.80 bits per heavy atom. The Bertz CT molecular complexity index is 762. The molecule has 0 aliphatic heterocycles. The van der Waals surface area contributed by atoms with Gasteiger partial charge in [-0.2, -0.15) is 0 Å². The monoisotopic (exact) mass is 293 g/mol. The summed E-state index contributed by atoms with van der Waals surface area (Å²) in [7, 11) is -3.48. The summed E-state index contributed by atoms with van der Waals surface area (Å²) in [5.41, 5.74) is 7.30. The van der Waals surface area contributed by atoms with Crippen molar-refractivity contribution in [2.24, 2.45) is 11.3 Å². The third-order valence-electron chi connectivity index (χ3n) is 4.19. The highest BCUT2D eigenvalue weighted by molar-refractivity contribution is 7.89. The second kappa shape index (κ2) is 4.23. The number of sulfonamides is 1. The van der Waals surface area contributed by atoms with Crippen molar-refractivity contribution in [3.05, 3.63) is 24.4 Å². The van der Waals surface area contributed by atoms with Crippen molar-refractivity contribution in [1.82, 2.24) is 9.71 Å². The molecule has 1 aliphatic rings. The molecule has 1 saturated carbocycles. The van der Waals surface area contributed by atoms with Crippen LogP contribution in [0.4, 0.5) is 5.69 Å². The van der Waals surface area contributed by atoms with E-state index in [1.54, 1.807) is 18.2 Å². The highest BCUT2D eigenvalue weighted by atomic mass is 32.2. The molecular weight excluding hydrogens is 274 g/mol. The maximum atomic E-state index is 12.4. The van der Waals surface area contributed by atoms with Crippen molar-refractivity contribution in [3.8, 4) is 0 Å². The Morgan fingerprint density at radius 2 is 2.15 bits per heavy atom. The average molecular weight is 293 g/mol. The third kappa shape index (κ3) is 2.29. The van der Waals surface area contributed by atoms with Crippen molar-refractivity contribution >= 4 is 26.6 Å². The lowest BCUT2D eigenvalue weighted by Crippen LogP contribution is -2.26. The highest BCUT2D eigenvalue weighted by Gasteiger charge is 2.45. The van der Waals surface area contributed by atoms with E-state index in [1.165, 1.54) is 6.20 Å². The molecule has 6 heteroatoms. The van der Waals surface area contributed by atoms with Gasteiger partial charge in [0.15, 0.2) is 0 Å². The van der Waals surface area contributed by atoms with E-state index in [0.717, 1.165) is 11.9 Å². The molecule has 1 aromatic heterocycles. The number of hydrogen-bond acceptors (Lipinski definition) is 3. The molecule has 0 bridgehead atoms. The number of aromatic amines is 1. The van der Waals surface area contributed by atoms with E-state index in [9.17, 15) is 8.42 Å². The number of benzene rings is 1. The van der Waals surface area contributed by atoms with Crippen molar-refractivity contribution < 1.29 is 8.42 Å². The van der Waals surface area contributed by atoms with Gasteiger partial charge in [-0.25, -0.2) is 13.1 Å². The largest absolute Gasteiger partial charge is 0.399 e. The molecule has 0 radical (unpaired) electrons. The maximum Gasteiger partial charge on any atom is 0.242 e. The first kappa shape index (κ1) is 13.5. The molecule has 20 heavy (non-hydrogen) atoms. The number of anilines is 1. The zero-order valence-electron chi connectivity index (χ0n) is 11.6. The quantitative estimate of drug-likeness (QED) is 0.754.